The van der Waals surface area contributed by atoms with Crippen LogP contribution in [0, 0.1) is 13.8 Å². The van der Waals surface area contributed by atoms with Crippen molar-refractivity contribution in [2.45, 2.75) is 33.2 Å². The smallest absolute Gasteiger partial charge is 0.0763 e. The topological polar surface area (TPSA) is 42.7 Å². The van der Waals surface area contributed by atoms with Crippen LogP contribution in [0.3, 0.4) is 0 Å². The Labute approximate surface area is 114 Å². The van der Waals surface area contributed by atoms with Crippen LogP contribution in [0.25, 0.3) is 0 Å². The van der Waals surface area contributed by atoms with Crippen LogP contribution in [0.2, 0.25) is 0 Å². The molecule has 19 heavy (non-hydrogen) atoms. The van der Waals surface area contributed by atoms with Gasteiger partial charge >= 0.3 is 0 Å². The average molecular weight is 258 g/mol. The van der Waals surface area contributed by atoms with E-state index in [9.17, 15) is 0 Å². The Hall–Kier alpha value is -1.68. The minimum Gasteiger partial charge on any atom is -0.305 e. The SMILES string of the molecule is CCCNC(c1cncc(C)c1)c1cc(C)nn1C. The van der Waals surface area contributed by atoms with Gasteiger partial charge in [-0.3, -0.25) is 9.67 Å². The lowest BCUT2D eigenvalue weighted by Gasteiger charge is -2.19. The molecule has 1 N–H and O–H groups in total. The van der Waals surface area contributed by atoms with E-state index < -0.39 is 0 Å². The second-order valence-corrected chi connectivity index (χ2v) is 5.02. The van der Waals surface area contributed by atoms with E-state index >= 15 is 0 Å². The summed E-state index contributed by atoms with van der Waals surface area (Å²) in [4.78, 5) is 4.31. The van der Waals surface area contributed by atoms with Gasteiger partial charge in [0.05, 0.1) is 17.4 Å². The maximum atomic E-state index is 4.44. The molecule has 0 spiro atoms. The van der Waals surface area contributed by atoms with Crippen LogP contribution in [0.4, 0.5) is 0 Å². The molecule has 0 aliphatic heterocycles. The van der Waals surface area contributed by atoms with Crippen molar-refractivity contribution in [3.8, 4) is 0 Å². The second kappa shape index (κ2) is 5.97. The molecule has 0 saturated heterocycles. The lowest BCUT2D eigenvalue weighted by atomic mass is 10.0. The zero-order valence-electron chi connectivity index (χ0n) is 12.1. The van der Waals surface area contributed by atoms with E-state index in [1.165, 1.54) is 16.8 Å². The first-order valence-electron chi connectivity index (χ1n) is 6.77. The molecule has 2 rings (SSSR count). The molecule has 0 amide bonds. The highest BCUT2D eigenvalue weighted by Crippen LogP contribution is 2.22. The summed E-state index contributed by atoms with van der Waals surface area (Å²) in [5.74, 6) is 0. The molecule has 0 fully saturated rings. The molecule has 1 atom stereocenters. The number of aryl methyl sites for hydroxylation is 3. The maximum Gasteiger partial charge on any atom is 0.0763 e. The molecule has 0 radical (unpaired) electrons. The molecular formula is C15H22N4. The fraction of sp³-hybridized carbons (Fsp3) is 0.467. The minimum absolute atomic E-state index is 0.151. The Kier molecular flexibility index (Phi) is 4.32. The van der Waals surface area contributed by atoms with E-state index in [0.717, 1.165) is 18.7 Å². The van der Waals surface area contributed by atoms with Crippen LogP contribution in [-0.2, 0) is 7.05 Å². The molecule has 0 bridgehead atoms. The van der Waals surface area contributed by atoms with Crippen molar-refractivity contribution in [1.29, 1.82) is 0 Å². The average Bonchev–Trinajstić information content (AvgIpc) is 2.69. The van der Waals surface area contributed by atoms with Gasteiger partial charge in [-0.25, -0.2) is 0 Å². The zero-order valence-corrected chi connectivity index (χ0v) is 12.1. The van der Waals surface area contributed by atoms with Crippen molar-refractivity contribution in [1.82, 2.24) is 20.1 Å². The zero-order chi connectivity index (χ0) is 13.8. The summed E-state index contributed by atoms with van der Waals surface area (Å²) in [5.41, 5.74) is 4.59. The van der Waals surface area contributed by atoms with Crippen LogP contribution < -0.4 is 5.32 Å². The summed E-state index contributed by atoms with van der Waals surface area (Å²) in [5, 5.41) is 8.03. The highest BCUT2D eigenvalue weighted by atomic mass is 15.3. The number of hydrogen-bond acceptors (Lipinski definition) is 3. The number of hydrogen-bond donors (Lipinski definition) is 1. The quantitative estimate of drug-likeness (QED) is 0.896. The van der Waals surface area contributed by atoms with Crippen LogP contribution in [0.5, 0.6) is 0 Å². The van der Waals surface area contributed by atoms with Crippen molar-refractivity contribution < 1.29 is 0 Å². The molecule has 0 aliphatic carbocycles. The number of aromatic nitrogens is 3. The van der Waals surface area contributed by atoms with E-state index in [0.29, 0.717) is 0 Å². The van der Waals surface area contributed by atoms with Crippen molar-refractivity contribution >= 4 is 0 Å². The van der Waals surface area contributed by atoms with Gasteiger partial charge in [0.2, 0.25) is 0 Å². The summed E-state index contributed by atoms with van der Waals surface area (Å²) in [6.07, 6.45) is 4.92. The van der Waals surface area contributed by atoms with E-state index in [1.54, 1.807) is 0 Å². The fourth-order valence-electron chi connectivity index (χ4n) is 2.32. The third-order valence-electron chi connectivity index (χ3n) is 3.16. The van der Waals surface area contributed by atoms with Crippen molar-refractivity contribution in [3.63, 3.8) is 0 Å². The van der Waals surface area contributed by atoms with Crippen LogP contribution >= 0.6 is 0 Å². The summed E-state index contributed by atoms with van der Waals surface area (Å²) >= 11 is 0. The Bertz CT molecular complexity index is 545. The van der Waals surface area contributed by atoms with Gasteiger partial charge in [-0.1, -0.05) is 13.0 Å². The Morgan fingerprint density at radius 3 is 2.63 bits per heavy atom. The molecule has 1 unspecified atom stereocenters. The summed E-state index contributed by atoms with van der Waals surface area (Å²) in [6.45, 7) is 7.24. The number of nitrogens with one attached hydrogen (secondary N) is 1. The third-order valence-corrected chi connectivity index (χ3v) is 3.16. The Morgan fingerprint density at radius 2 is 2.05 bits per heavy atom. The fourth-order valence-corrected chi connectivity index (χ4v) is 2.32. The van der Waals surface area contributed by atoms with Gasteiger partial charge in [-0.2, -0.15) is 5.10 Å². The Morgan fingerprint density at radius 1 is 1.26 bits per heavy atom. The maximum absolute atomic E-state index is 4.44. The molecule has 2 aromatic rings. The third kappa shape index (κ3) is 3.20. The van der Waals surface area contributed by atoms with E-state index in [-0.39, 0.29) is 6.04 Å². The number of rotatable bonds is 5. The lowest BCUT2D eigenvalue weighted by Crippen LogP contribution is -2.25. The van der Waals surface area contributed by atoms with Gasteiger partial charge < -0.3 is 5.32 Å². The first-order chi connectivity index (χ1) is 9.11. The molecule has 2 heterocycles. The van der Waals surface area contributed by atoms with E-state index in [4.69, 9.17) is 0 Å². The Balaban J connectivity index is 2.38. The van der Waals surface area contributed by atoms with Crippen molar-refractivity contribution in [2.75, 3.05) is 6.54 Å². The van der Waals surface area contributed by atoms with E-state index in [2.05, 4.69) is 41.4 Å². The van der Waals surface area contributed by atoms with Crippen LogP contribution in [0.1, 0.15) is 41.9 Å². The highest BCUT2D eigenvalue weighted by molar-refractivity contribution is 5.29. The van der Waals surface area contributed by atoms with Gasteiger partial charge in [0.15, 0.2) is 0 Å². The molecule has 0 saturated carbocycles. The molecule has 0 aromatic carbocycles. The summed E-state index contributed by atoms with van der Waals surface area (Å²) in [6, 6.07) is 4.47. The number of nitrogens with zero attached hydrogens (tertiary/aromatic N) is 3. The van der Waals surface area contributed by atoms with Gasteiger partial charge in [-0.15, -0.1) is 0 Å². The predicted octanol–water partition coefficient (Wildman–Crippen LogP) is 2.52. The highest BCUT2D eigenvalue weighted by Gasteiger charge is 2.18. The lowest BCUT2D eigenvalue weighted by molar-refractivity contribution is 0.551. The summed E-state index contributed by atoms with van der Waals surface area (Å²) < 4.78 is 1.95. The summed E-state index contributed by atoms with van der Waals surface area (Å²) in [7, 11) is 1.99. The van der Waals surface area contributed by atoms with Gasteiger partial charge in [0, 0.05) is 19.4 Å². The standard InChI is InChI=1S/C15H22N4/c1-5-6-17-15(13-7-11(2)9-16-10-13)14-8-12(3)18-19(14)4/h7-10,15,17H,5-6H2,1-4H3. The molecule has 102 valence electrons. The molecule has 0 aliphatic rings. The molecule has 4 nitrogen and oxygen atoms in total. The minimum atomic E-state index is 0.151. The van der Waals surface area contributed by atoms with Crippen LogP contribution in [0.15, 0.2) is 24.5 Å². The van der Waals surface area contributed by atoms with Crippen molar-refractivity contribution in [2.24, 2.45) is 7.05 Å². The first kappa shape index (κ1) is 13.7. The molecular weight excluding hydrogens is 236 g/mol. The largest absolute Gasteiger partial charge is 0.305 e. The first-order valence-corrected chi connectivity index (χ1v) is 6.77. The molecule has 4 heteroatoms. The number of pyridine rings is 1. The van der Waals surface area contributed by atoms with Gasteiger partial charge in [0.25, 0.3) is 0 Å². The second-order valence-electron chi connectivity index (χ2n) is 5.02. The van der Waals surface area contributed by atoms with Gasteiger partial charge in [-0.05, 0) is 44.0 Å². The molecule has 2 aromatic heterocycles. The monoisotopic (exact) mass is 258 g/mol. The predicted molar refractivity (Wildman–Crippen MR) is 77.1 cm³/mol. The van der Waals surface area contributed by atoms with Crippen LogP contribution in [-0.4, -0.2) is 21.3 Å². The normalized spacial score (nSPS) is 12.6. The van der Waals surface area contributed by atoms with Crippen molar-refractivity contribution in [3.05, 3.63) is 47.0 Å². The van der Waals surface area contributed by atoms with E-state index in [1.807, 2.05) is 31.0 Å². The van der Waals surface area contributed by atoms with Gasteiger partial charge in [0.1, 0.15) is 0 Å².